The molecule has 1 saturated carbocycles. The Balaban J connectivity index is 0.000000286. The summed E-state index contributed by atoms with van der Waals surface area (Å²) in [6.07, 6.45) is 4.15. The average molecular weight is 544 g/mol. The minimum Gasteiger partial charge on any atom is -0.475 e. The summed E-state index contributed by atoms with van der Waals surface area (Å²) in [5.41, 5.74) is 0.116. The Labute approximate surface area is 209 Å². The fourth-order valence-electron chi connectivity index (χ4n) is 4.62. The number of carboxylic acids is 2. The van der Waals surface area contributed by atoms with Crippen molar-refractivity contribution >= 4 is 17.9 Å². The fraction of sp³-hybridized carbons (Fsp3) is 0.727. The van der Waals surface area contributed by atoms with Crippen molar-refractivity contribution in [1.82, 2.24) is 14.9 Å². The lowest BCUT2D eigenvalue weighted by molar-refractivity contribution is -0.193. The first kappa shape index (κ1) is 30.5. The normalized spacial score (nSPS) is 24.5. The highest BCUT2D eigenvalue weighted by atomic mass is 19.4. The van der Waals surface area contributed by atoms with Crippen molar-refractivity contribution in [2.24, 2.45) is 0 Å². The van der Waals surface area contributed by atoms with Crippen LogP contribution in [-0.4, -0.2) is 86.8 Å². The predicted molar refractivity (Wildman–Crippen MR) is 118 cm³/mol. The van der Waals surface area contributed by atoms with Gasteiger partial charge < -0.3 is 20.3 Å². The number of aliphatic carboxylic acids is 2. The van der Waals surface area contributed by atoms with Crippen molar-refractivity contribution in [2.45, 2.75) is 81.5 Å². The maximum Gasteiger partial charge on any atom is 0.490 e. The number of carbonyl (C=O) groups is 2. The molecule has 1 aromatic rings. The first-order chi connectivity index (χ1) is 17.2. The molecule has 0 aromatic carbocycles. The summed E-state index contributed by atoms with van der Waals surface area (Å²) in [4.78, 5) is 29.0. The second kappa shape index (κ2) is 13.2. The van der Waals surface area contributed by atoms with Crippen LogP contribution in [0.2, 0.25) is 0 Å². The van der Waals surface area contributed by atoms with Crippen LogP contribution in [0.15, 0.2) is 18.5 Å². The number of anilines is 1. The van der Waals surface area contributed by atoms with Gasteiger partial charge >= 0.3 is 24.3 Å². The molecule has 0 amide bonds. The van der Waals surface area contributed by atoms with E-state index in [1.165, 1.54) is 51.5 Å². The van der Waals surface area contributed by atoms with Crippen molar-refractivity contribution in [3.8, 4) is 0 Å². The van der Waals surface area contributed by atoms with Crippen LogP contribution in [0.5, 0.6) is 0 Å². The molecule has 3 heterocycles. The molecule has 3 N–H and O–H groups in total. The molecule has 3 fully saturated rings. The van der Waals surface area contributed by atoms with E-state index in [1.54, 1.807) is 12.4 Å². The summed E-state index contributed by atoms with van der Waals surface area (Å²) in [5, 5.41) is 17.6. The Hall–Kier alpha value is -2.68. The van der Waals surface area contributed by atoms with E-state index in [9.17, 15) is 26.3 Å². The Morgan fingerprint density at radius 3 is 2.03 bits per heavy atom. The predicted octanol–water partition coefficient (Wildman–Crippen LogP) is 4.11. The van der Waals surface area contributed by atoms with E-state index >= 15 is 0 Å². The molecule has 0 unspecified atom stereocenters. The maximum atomic E-state index is 10.6. The second-order valence-corrected chi connectivity index (χ2v) is 9.03. The number of nitrogens with one attached hydrogen (secondary N) is 1. The summed E-state index contributed by atoms with van der Waals surface area (Å²) >= 11 is 0. The van der Waals surface area contributed by atoms with E-state index in [-0.39, 0.29) is 11.7 Å². The van der Waals surface area contributed by atoms with E-state index in [1.807, 2.05) is 6.07 Å². The van der Waals surface area contributed by atoms with Gasteiger partial charge in [-0.1, -0.05) is 12.8 Å². The monoisotopic (exact) mass is 544 g/mol. The van der Waals surface area contributed by atoms with Crippen LogP contribution in [0.4, 0.5) is 32.3 Å². The van der Waals surface area contributed by atoms with Crippen molar-refractivity contribution in [1.29, 1.82) is 0 Å². The summed E-state index contributed by atoms with van der Waals surface area (Å²) in [6, 6.07) is 2.67. The SMILES string of the molecule is O=C(O)C(F)(F)F.O=C(O)C(F)(F)F.c1cnc(NC[C@H]2CCC[C@]3(CCN(C4CCCC4)C3)O2)nc1. The van der Waals surface area contributed by atoms with E-state index in [4.69, 9.17) is 24.5 Å². The summed E-state index contributed by atoms with van der Waals surface area (Å²) in [5.74, 6) is -4.81. The zero-order chi connectivity index (χ0) is 27.7. The van der Waals surface area contributed by atoms with Crippen LogP contribution < -0.4 is 5.32 Å². The number of aromatic nitrogens is 2. The van der Waals surface area contributed by atoms with Gasteiger partial charge in [-0.3, -0.25) is 4.90 Å². The van der Waals surface area contributed by atoms with Gasteiger partial charge in [0.25, 0.3) is 0 Å². The molecule has 0 bridgehead atoms. The lowest BCUT2D eigenvalue weighted by Gasteiger charge is -2.39. The third kappa shape index (κ3) is 10.3. The zero-order valence-electron chi connectivity index (χ0n) is 19.9. The summed E-state index contributed by atoms with van der Waals surface area (Å²) < 4.78 is 70.1. The Morgan fingerprint density at radius 2 is 1.51 bits per heavy atom. The lowest BCUT2D eigenvalue weighted by atomic mass is 9.90. The van der Waals surface area contributed by atoms with E-state index in [0.29, 0.717) is 5.95 Å². The Bertz CT molecular complexity index is 843. The van der Waals surface area contributed by atoms with Crippen LogP contribution >= 0.6 is 0 Å². The van der Waals surface area contributed by atoms with Gasteiger partial charge in [-0.25, -0.2) is 19.6 Å². The van der Waals surface area contributed by atoms with Crippen molar-refractivity contribution in [3.63, 3.8) is 0 Å². The third-order valence-corrected chi connectivity index (χ3v) is 6.30. The van der Waals surface area contributed by atoms with Gasteiger partial charge in [-0.15, -0.1) is 0 Å². The number of hydrogen-bond donors (Lipinski definition) is 3. The molecule has 4 rings (SSSR count). The van der Waals surface area contributed by atoms with E-state index in [0.717, 1.165) is 25.6 Å². The second-order valence-electron chi connectivity index (χ2n) is 9.03. The molecule has 15 heteroatoms. The third-order valence-electron chi connectivity index (χ3n) is 6.30. The number of rotatable bonds is 4. The van der Waals surface area contributed by atoms with Crippen LogP contribution in [0.25, 0.3) is 0 Å². The highest BCUT2D eigenvalue weighted by molar-refractivity contribution is 5.73. The number of hydrogen-bond acceptors (Lipinski definition) is 7. The maximum absolute atomic E-state index is 10.6. The summed E-state index contributed by atoms with van der Waals surface area (Å²) in [7, 11) is 0. The molecule has 37 heavy (non-hydrogen) atoms. The van der Waals surface area contributed by atoms with Gasteiger partial charge in [0, 0.05) is 38.1 Å². The lowest BCUT2D eigenvalue weighted by Crippen LogP contribution is -2.46. The molecule has 2 aliphatic heterocycles. The summed E-state index contributed by atoms with van der Waals surface area (Å²) in [6.45, 7) is 3.19. The van der Waals surface area contributed by atoms with Crippen LogP contribution in [0.3, 0.4) is 0 Å². The Morgan fingerprint density at radius 1 is 0.973 bits per heavy atom. The van der Waals surface area contributed by atoms with Gasteiger partial charge in [0.15, 0.2) is 0 Å². The van der Waals surface area contributed by atoms with Crippen molar-refractivity contribution < 1.29 is 50.9 Å². The standard InChI is InChI=1S/C18H28N4O.2C2HF3O2/c1-2-6-15(5-1)22-12-9-18(14-22)8-3-7-16(23-18)13-21-17-19-10-4-11-20-17;2*3-2(4,5)1(6)7/h4,10-11,15-16H,1-3,5-9,12-14H2,(H,19,20,21);2*(H,6,7)/t16-,18-;;/m1../s1. The van der Waals surface area contributed by atoms with Crippen LogP contribution in [0, 0.1) is 0 Å². The van der Waals surface area contributed by atoms with Gasteiger partial charge in [0.05, 0.1) is 11.7 Å². The van der Waals surface area contributed by atoms with Gasteiger partial charge in [0.1, 0.15) is 0 Å². The number of likely N-dealkylation sites (tertiary alicyclic amines) is 1. The smallest absolute Gasteiger partial charge is 0.475 e. The molecule has 3 aliphatic rings. The molecule has 0 radical (unpaired) electrons. The fourth-order valence-corrected chi connectivity index (χ4v) is 4.62. The number of alkyl halides is 6. The average Bonchev–Trinajstić information content (AvgIpc) is 3.49. The van der Waals surface area contributed by atoms with E-state index in [2.05, 4.69) is 20.2 Å². The van der Waals surface area contributed by atoms with Crippen molar-refractivity contribution in [3.05, 3.63) is 18.5 Å². The molecular formula is C22H30F6N4O5. The first-order valence-electron chi connectivity index (χ1n) is 11.7. The van der Waals surface area contributed by atoms with Crippen LogP contribution in [-0.2, 0) is 14.3 Å². The topological polar surface area (TPSA) is 125 Å². The minimum absolute atomic E-state index is 0.116. The number of ether oxygens (including phenoxy) is 1. The number of halogens is 6. The molecular weight excluding hydrogens is 514 g/mol. The highest BCUT2D eigenvalue weighted by Crippen LogP contribution is 2.39. The first-order valence-corrected chi connectivity index (χ1v) is 11.7. The molecule has 1 aromatic heterocycles. The minimum atomic E-state index is -5.08. The quantitative estimate of drug-likeness (QED) is 0.480. The van der Waals surface area contributed by atoms with Gasteiger partial charge in [-0.05, 0) is 44.6 Å². The molecule has 1 spiro atoms. The molecule has 2 saturated heterocycles. The number of nitrogens with zero attached hydrogens (tertiary/aromatic N) is 3. The number of carboxylic acid groups (broad SMARTS) is 2. The zero-order valence-corrected chi connectivity index (χ0v) is 19.9. The molecule has 9 nitrogen and oxygen atoms in total. The molecule has 2 atom stereocenters. The van der Waals surface area contributed by atoms with Gasteiger partial charge in [-0.2, -0.15) is 26.3 Å². The van der Waals surface area contributed by atoms with Crippen molar-refractivity contribution in [2.75, 3.05) is 25.0 Å². The molecule has 1 aliphatic carbocycles. The Kier molecular flexibility index (Phi) is 10.9. The van der Waals surface area contributed by atoms with Gasteiger partial charge in [0.2, 0.25) is 5.95 Å². The van der Waals surface area contributed by atoms with Crippen LogP contribution in [0.1, 0.15) is 51.4 Å². The largest absolute Gasteiger partial charge is 0.490 e. The molecule has 210 valence electrons. The van der Waals surface area contributed by atoms with E-state index < -0.39 is 24.3 Å². The highest BCUT2D eigenvalue weighted by Gasteiger charge is 2.45.